The van der Waals surface area contributed by atoms with Crippen molar-refractivity contribution in [1.29, 1.82) is 0 Å². The zero-order valence-electron chi connectivity index (χ0n) is 11.2. The molecule has 0 saturated carbocycles. The SMILES string of the molecule is CCC(C)(CN)OCc1cc(C)ccc1OC. The first-order chi connectivity index (χ1) is 8.04. The van der Waals surface area contributed by atoms with Gasteiger partial charge >= 0.3 is 0 Å². The van der Waals surface area contributed by atoms with E-state index in [9.17, 15) is 0 Å². The van der Waals surface area contributed by atoms with Crippen LogP contribution in [0, 0.1) is 6.92 Å². The van der Waals surface area contributed by atoms with E-state index >= 15 is 0 Å². The molecular weight excluding hydrogens is 214 g/mol. The Morgan fingerprint density at radius 2 is 2.06 bits per heavy atom. The van der Waals surface area contributed by atoms with Gasteiger partial charge in [-0.05, 0) is 26.3 Å². The van der Waals surface area contributed by atoms with Gasteiger partial charge in [-0.25, -0.2) is 0 Å². The minimum absolute atomic E-state index is 0.255. The van der Waals surface area contributed by atoms with Crippen molar-refractivity contribution in [3.05, 3.63) is 29.3 Å². The van der Waals surface area contributed by atoms with Crippen LogP contribution < -0.4 is 10.5 Å². The van der Waals surface area contributed by atoms with Crippen LogP contribution in [0.25, 0.3) is 0 Å². The average Bonchev–Trinajstić information content (AvgIpc) is 2.36. The monoisotopic (exact) mass is 237 g/mol. The third kappa shape index (κ3) is 3.72. The topological polar surface area (TPSA) is 44.5 Å². The number of rotatable bonds is 6. The van der Waals surface area contributed by atoms with Crippen LogP contribution in [-0.2, 0) is 11.3 Å². The lowest BCUT2D eigenvalue weighted by Crippen LogP contribution is -2.36. The van der Waals surface area contributed by atoms with E-state index in [0.717, 1.165) is 17.7 Å². The molecule has 0 saturated heterocycles. The average molecular weight is 237 g/mol. The Hall–Kier alpha value is -1.06. The van der Waals surface area contributed by atoms with Crippen LogP contribution in [0.1, 0.15) is 31.4 Å². The second-order valence-corrected chi connectivity index (χ2v) is 4.61. The van der Waals surface area contributed by atoms with E-state index in [1.165, 1.54) is 5.56 Å². The summed E-state index contributed by atoms with van der Waals surface area (Å²) in [6, 6.07) is 6.09. The quantitative estimate of drug-likeness (QED) is 0.827. The Bertz CT molecular complexity index is 359. The molecular formula is C14H23NO2. The maximum absolute atomic E-state index is 5.91. The highest BCUT2D eigenvalue weighted by Crippen LogP contribution is 2.23. The molecule has 0 aliphatic heterocycles. The van der Waals surface area contributed by atoms with Crippen molar-refractivity contribution in [2.75, 3.05) is 13.7 Å². The predicted molar refractivity (Wildman–Crippen MR) is 70.3 cm³/mol. The fraction of sp³-hybridized carbons (Fsp3) is 0.571. The second kappa shape index (κ2) is 6.03. The minimum atomic E-state index is -0.255. The molecule has 96 valence electrons. The van der Waals surface area contributed by atoms with E-state index in [4.69, 9.17) is 15.2 Å². The van der Waals surface area contributed by atoms with Gasteiger partial charge in [0, 0.05) is 12.1 Å². The van der Waals surface area contributed by atoms with Crippen molar-refractivity contribution in [2.45, 2.75) is 39.4 Å². The van der Waals surface area contributed by atoms with Crippen molar-refractivity contribution < 1.29 is 9.47 Å². The number of hydrogen-bond donors (Lipinski definition) is 1. The first-order valence-corrected chi connectivity index (χ1v) is 6.02. The Morgan fingerprint density at radius 1 is 1.35 bits per heavy atom. The maximum Gasteiger partial charge on any atom is 0.124 e. The van der Waals surface area contributed by atoms with Crippen LogP contribution in [0.3, 0.4) is 0 Å². The molecule has 0 aliphatic carbocycles. The summed E-state index contributed by atoms with van der Waals surface area (Å²) in [5, 5.41) is 0. The summed E-state index contributed by atoms with van der Waals surface area (Å²) < 4.78 is 11.2. The molecule has 0 amide bonds. The smallest absolute Gasteiger partial charge is 0.124 e. The molecule has 17 heavy (non-hydrogen) atoms. The molecule has 1 aromatic carbocycles. The fourth-order valence-corrected chi connectivity index (χ4v) is 1.58. The summed E-state index contributed by atoms with van der Waals surface area (Å²) in [6.07, 6.45) is 0.900. The van der Waals surface area contributed by atoms with E-state index < -0.39 is 0 Å². The number of hydrogen-bond acceptors (Lipinski definition) is 3. The molecule has 0 bridgehead atoms. The highest BCUT2D eigenvalue weighted by atomic mass is 16.5. The highest BCUT2D eigenvalue weighted by Gasteiger charge is 2.21. The van der Waals surface area contributed by atoms with Gasteiger partial charge in [0.05, 0.1) is 19.3 Å². The van der Waals surface area contributed by atoms with E-state index in [1.54, 1.807) is 7.11 Å². The second-order valence-electron chi connectivity index (χ2n) is 4.61. The first kappa shape index (κ1) is 14.0. The van der Waals surface area contributed by atoms with Gasteiger partial charge in [0.25, 0.3) is 0 Å². The summed E-state index contributed by atoms with van der Waals surface area (Å²) >= 11 is 0. The standard InChI is InChI=1S/C14H23NO2/c1-5-14(3,10-15)17-9-12-8-11(2)6-7-13(12)16-4/h6-8H,5,9-10,15H2,1-4H3. The van der Waals surface area contributed by atoms with Gasteiger partial charge in [-0.2, -0.15) is 0 Å². The molecule has 3 nitrogen and oxygen atoms in total. The maximum atomic E-state index is 5.91. The van der Waals surface area contributed by atoms with Crippen LogP contribution in [0.15, 0.2) is 18.2 Å². The van der Waals surface area contributed by atoms with E-state index in [1.807, 2.05) is 19.1 Å². The highest BCUT2D eigenvalue weighted by molar-refractivity contribution is 5.36. The van der Waals surface area contributed by atoms with Crippen LogP contribution in [0.5, 0.6) is 5.75 Å². The molecule has 0 radical (unpaired) electrons. The Morgan fingerprint density at radius 3 is 2.59 bits per heavy atom. The zero-order valence-corrected chi connectivity index (χ0v) is 11.2. The van der Waals surface area contributed by atoms with Crippen LogP contribution in [0.4, 0.5) is 0 Å². The lowest BCUT2D eigenvalue weighted by Gasteiger charge is -2.27. The Balaban J connectivity index is 2.77. The van der Waals surface area contributed by atoms with E-state index in [2.05, 4.69) is 19.9 Å². The van der Waals surface area contributed by atoms with Crippen LogP contribution in [0.2, 0.25) is 0 Å². The summed E-state index contributed by atoms with van der Waals surface area (Å²) in [4.78, 5) is 0. The van der Waals surface area contributed by atoms with Crippen molar-refractivity contribution in [3.63, 3.8) is 0 Å². The van der Waals surface area contributed by atoms with Crippen molar-refractivity contribution in [1.82, 2.24) is 0 Å². The minimum Gasteiger partial charge on any atom is -0.496 e. The number of ether oxygens (including phenoxy) is 2. The Kier molecular flexibility index (Phi) is 4.97. The molecule has 0 aromatic heterocycles. The molecule has 1 atom stereocenters. The Labute approximate surface area is 104 Å². The number of aryl methyl sites for hydroxylation is 1. The van der Waals surface area contributed by atoms with Crippen molar-refractivity contribution >= 4 is 0 Å². The molecule has 0 spiro atoms. The molecule has 0 heterocycles. The fourth-order valence-electron chi connectivity index (χ4n) is 1.58. The predicted octanol–water partition coefficient (Wildman–Crippen LogP) is 2.65. The lowest BCUT2D eigenvalue weighted by atomic mass is 10.0. The largest absolute Gasteiger partial charge is 0.496 e. The van der Waals surface area contributed by atoms with Crippen molar-refractivity contribution in [2.24, 2.45) is 5.73 Å². The van der Waals surface area contributed by atoms with Gasteiger partial charge < -0.3 is 15.2 Å². The molecule has 2 N–H and O–H groups in total. The van der Waals surface area contributed by atoms with Gasteiger partial charge in [-0.15, -0.1) is 0 Å². The number of benzene rings is 1. The normalized spacial score (nSPS) is 14.4. The molecule has 1 aromatic rings. The molecule has 0 aliphatic rings. The molecule has 3 heteroatoms. The third-order valence-electron chi connectivity index (χ3n) is 3.19. The molecule has 1 rings (SSSR count). The summed E-state index contributed by atoms with van der Waals surface area (Å²) in [6.45, 7) is 7.24. The molecule has 1 unspecified atom stereocenters. The van der Waals surface area contributed by atoms with Gasteiger partial charge in [0.1, 0.15) is 5.75 Å². The first-order valence-electron chi connectivity index (χ1n) is 6.02. The third-order valence-corrected chi connectivity index (χ3v) is 3.19. The number of nitrogens with two attached hydrogens (primary N) is 1. The zero-order chi connectivity index (χ0) is 12.9. The summed E-state index contributed by atoms with van der Waals surface area (Å²) in [7, 11) is 1.68. The number of methoxy groups -OCH3 is 1. The van der Waals surface area contributed by atoms with Crippen LogP contribution >= 0.6 is 0 Å². The van der Waals surface area contributed by atoms with Gasteiger partial charge in [-0.1, -0.05) is 24.6 Å². The summed E-state index contributed by atoms with van der Waals surface area (Å²) in [5.41, 5.74) is 7.74. The van der Waals surface area contributed by atoms with Crippen LogP contribution in [-0.4, -0.2) is 19.3 Å². The summed E-state index contributed by atoms with van der Waals surface area (Å²) in [5.74, 6) is 0.867. The lowest BCUT2D eigenvalue weighted by molar-refractivity contribution is -0.0393. The van der Waals surface area contributed by atoms with E-state index in [-0.39, 0.29) is 5.60 Å². The van der Waals surface area contributed by atoms with Gasteiger partial charge in [0.15, 0.2) is 0 Å². The van der Waals surface area contributed by atoms with E-state index in [0.29, 0.717) is 13.2 Å². The van der Waals surface area contributed by atoms with Crippen molar-refractivity contribution in [3.8, 4) is 5.75 Å². The van der Waals surface area contributed by atoms with Gasteiger partial charge in [-0.3, -0.25) is 0 Å². The van der Waals surface area contributed by atoms with Gasteiger partial charge in [0.2, 0.25) is 0 Å². The molecule has 0 fully saturated rings.